The molecule has 0 fully saturated rings. The lowest BCUT2D eigenvalue weighted by molar-refractivity contribution is -0.127. The van der Waals surface area contributed by atoms with Gasteiger partial charge in [0.05, 0.1) is 5.75 Å². The molecule has 0 bridgehead atoms. The van der Waals surface area contributed by atoms with E-state index in [9.17, 15) is 4.79 Å². The Kier molecular flexibility index (Phi) is 6.95. The number of aromatic nitrogens is 3. The first-order chi connectivity index (χ1) is 13.5. The number of rotatable bonds is 8. The SMILES string of the molecule is Cc1cc(OCc2nc(SCC(=O)N(C)Cc3ccccc3)n[nH]2)ccc1Cl. The van der Waals surface area contributed by atoms with Gasteiger partial charge in [0.1, 0.15) is 12.4 Å². The van der Waals surface area contributed by atoms with E-state index < -0.39 is 0 Å². The predicted octanol–water partition coefficient (Wildman–Crippen LogP) is 4.10. The molecule has 0 aliphatic carbocycles. The summed E-state index contributed by atoms with van der Waals surface area (Å²) in [6.07, 6.45) is 0. The minimum atomic E-state index is 0.0214. The number of amides is 1. The first kappa shape index (κ1) is 20.2. The number of nitrogens with zero attached hydrogens (tertiary/aromatic N) is 3. The molecule has 1 aromatic heterocycles. The Labute approximate surface area is 173 Å². The molecule has 0 unspecified atom stereocenters. The summed E-state index contributed by atoms with van der Waals surface area (Å²) in [5, 5.41) is 8.19. The maximum Gasteiger partial charge on any atom is 0.233 e. The Hall–Kier alpha value is -2.51. The van der Waals surface area contributed by atoms with Crippen molar-refractivity contribution in [1.29, 1.82) is 0 Å². The van der Waals surface area contributed by atoms with Crippen molar-refractivity contribution in [3.8, 4) is 5.75 Å². The third-order valence-corrected chi connectivity index (χ3v) is 5.29. The number of hydrogen-bond acceptors (Lipinski definition) is 5. The van der Waals surface area contributed by atoms with Crippen LogP contribution in [0.25, 0.3) is 0 Å². The highest BCUT2D eigenvalue weighted by atomic mass is 35.5. The summed E-state index contributed by atoms with van der Waals surface area (Å²) in [7, 11) is 1.79. The molecule has 0 radical (unpaired) electrons. The van der Waals surface area contributed by atoms with Crippen molar-refractivity contribution in [2.45, 2.75) is 25.2 Å². The Morgan fingerprint density at radius 1 is 1.25 bits per heavy atom. The molecule has 28 heavy (non-hydrogen) atoms. The molecule has 3 rings (SSSR count). The highest BCUT2D eigenvalue weighted by Gasteiger charge is 2.12. The van der Waals surface area contributed by atoms with Gasteiger partial charge in [-0.3, -0.25) is 9.89 Å². The van der Waals surface area contributed by atoms with Crippen molar-refractivity contribution in [2.24, 2.45) is 0 Å². The van der Waals surface area contributed by atoms with E-state index in [1.54, 1.807) is 18.0 Å². The Morgan fingerprint density at radius 2 is 2.04 bits per heavy atom. The Morgan fingerprint density at radius 3 is 2.79 bits per heavy atom. The number of aryl methyl sites for hydroxylation is 1. The van der Waals surface area contributed by atoms with Gasteiger partial charge in [-0.05, 0) is 36.2 Å². The zero-order valence-electron chi connectivity index (χ0n) is 15.7. The molecule has 0 saturated heterocycles. The second-order valence-corrected chi connectivity index (χ2v) is 7.64. The number of ether oxygens (including phenoxy) is 1. The number of halogens is 1. The van der Waals surface area contributed by atoms with Crippen LogP contribution in [0.4, 0.5) is 0 Å². The first-order valence-corrected chi connectivity index (χ1v) is 10.1. The van der Waals surface area contributed by atoms with Gasteiger partial charge in [-0.15, -0.1) is 5.10 Å². The van der Waals surface area contributed by atoms with E-state index in [4.69, 9.17) is 16.3 Å². The van der Waals surface area contributed by atoms with Gasteiger partial charge < -0.3 is 9.64 Å². The van der Waals surface area contributed by atoms with Crippen LogP contribution < -0.4 is 4.74 Å². The summed E-state index contributed by atoms with van der Waals surface area (Å²) < 4.78 is 5.69. The molecule has 0 atom stereocenters. The van der Waals surface area contributed by atoms with Crippen LogP contribution in [0.15, 0.2) is 53.7 Å². The van der Waals surface area contributed by atoms with Crippen LogP contribution in [-0.4, -0.2) is 38.8 Å². The highest BCUT2D eigenvalue weighted by molar-refractivity contribution is 7.99. The van der Waals surface area contributed by atoms with Crippen LogP contribution >= 0.6 is 23.4 Å². The van der Waals surface area contributed by atoms with Crippen LogP contribution in [-0.2, 0) is 17.9 Å². The molecule has 2 aromatic carbocycles. The molecule has 8 heteroatoms. The van der Waals surface area contributed by atoms with Crippen molar-refractivity contribution < 1.29 is 9.53 Å². The molecule has 0 aliphatic rings. The van der Waals surface area contributed by atoms with E-state index in [2.05, 4.69) is 15.2 Å². The molecular weight excluding hydrogens is 396 g/mol. The van der Waals surface area contributed by atoms with Gasteiger partial charge in [0.15, 0.2) is 5.82 Å². The molecule has 6 nitrogen and oxygen atoms in total. The van der Waals surface area contributed by atoms with Crippen molar-refractivity contribution >= 4 is 29.3 Å². The molecule has 3 aromatic rings. The van der Waals surface area contributed by atoms with Crippen LogP contribution in [0.3, 0.4) is 0 Å². The molecule has 0 spiro atoms. The van der Waals surface area contributed by atoms with Gasteiger partial charge in [0.2, 0.25) is 11.1 Å². The average molecular weight is 417 g/mol. The van der Waals surface area contributed by atoms with Crippen LogP contribution in [0.5, 0.6) is 5.75 Å². The minimum absolute atomic E-state index is 0.0214. The summed E-state index contributed by atoms with van der Waals surface area (Å²) in [5.41, 5.74) is 2.05. The third-order valence-electron chi connectivity index (χ3n) is 4.03. The molecule has 0 saturated carbocycles. The van der Waals surface area contributed by atoms with E-state index >= 15 is 0 Å². The Balaban J connectivity index is 1.46. The zero-order valence-corrected chi connectivity index (χ0v) is 17.3. The normalized spacial score (nSPS) is 10.7. The average Bonchev–Trinajstić information content (AvgIpc) is 3.15. The number of aromatic amines is 1. The number of H-pyrrole nitrogens is 1. The number of benzene rings is 2. The van der Waals surface area contributed by atoms with Gasteiger partial charge >= 0.3 is 0 Å². The second-order valence-electron chi connectivity index (χ2n) is 6.29. The summed E-state index contributed by atoms with van der Waals surface area (Å²) in [5.74, 6) is 1.61. The lowest BCUT2D eigenvalue weighted by Gasteiger charge is -2.16. The molecular formula is C20H21ClN4O2S. The Bertz CT molecular complexity index is 933. The minimum Gasteiger partial charge on any atom is -0.486 e. The fourth-order valence-corrected chi connectivity index (χ4v) is 3.32. The molecule has 1 amide bonds. The van der Waals surface area contributed by atoms with Crippen molar-refractivity contribution in [1.82, 2.24) is 20.1 Å². The number of hydrogen-bond donors (Lipinski definition) is 1. The van der Waals surface area contributed by atoms with E-state index in [0.717, 1.165) is 11.1 Å². The predicted molar refractivity (Wildman–Crippen MR) is 111 cm³/mol. The molecule has 1 N–H and O–H groups in total. The van der Waals surface area contributed by atoms with Crippen molar-refractivity contribution in [3.05, 3.63) is 70.5 Å². The zero-order chi connectivity index (χ0) is 19.9. The first-order valence-electron chi connectivity index (χ1n) is 8.72. The standard InChI is InChI=1S/C20H21ClN4O2S/c1-14-10-16(8-9-17(14)21)27-12-18-22-20(24-23-18)28-13-19(26)25(2)11-15-6-4-3-5-7-15/h3-10H,11-13H2,1-2H3,(H,22,23,24). The van der Waals surface area contributed by atoms with Crippen LogP contribution in [0, 0.1) is 6.92 Å². The largest absolute Gasteiger partial charge is 0.486 e. The topological polar surface area (TPSA) is 71.1 Å². The quantitative estimate of drug-likeness (QED) is 0.560. The van der Waals surface area contributed by atoms with Gasteiger partial charge in [-0.25, -0.2) is 4.98 Å². The molecule has 146 valence electrons. The number of carbonyl (C=O) groups is 1. The summed E-state index contributed by atoms with van der Waals surface area (Å²) in [4.78, 5) is 18.4. The highest BCUT2D eigenvalue weighted by Crippen LogP contribution is 2.22. The third kappa shape index (κ3) is 5.74. The molecule has 1 heterocycles. The lowest BCUT2D eigenvalue weighted by Crippen LogP contribution is -2.27. The second kappa shape index (κ2) is 9.61. The molecule has 0 aliphatic heterocycles. The van der Waals surface area contributed by atoms with Gasteiger partial charge in [-0.2, -0.15) is 0 Å². The summed E-state index contributed by atoms with van der Waals surface area (Å²) in [6, 6.07) is 15.4. The number of carbonyl (C=O) groups excluding carboxylic acids is 1. The van der Waals surface area contributed by atoms with Gasteiger partial charge in [0.25, 0.3) is 0 Å². The van der Waals surface area contributed by atoms with Crippen molar-refractivity contribution in [2.75, 3.05) is 12.8 Å². The van der Waals surface area contributed by atoms with Crippen molar-refractivity contribution in [3.63, 3.8) is 0 Å². The summed E-state index contributed by atoms with van der Waals surface area (Å²) >= 11 is 7.31. The summed E-state index contributed by atoms with van der Waals surface area (Å²) in [6.45, 7) is 2.76. The fourth-order valence-electron chi connectivity index (χ4n) is 2.45. The fraction of sp³-hybridized carbons (Fsp3) is 0.250. The monoisotopic (exact) mass is 416 g/mol. The maximum absolute atomic E-state index is 12.3. The van der Waals surface area contributed by atoms with Crippen LogP contribution in [0.1, 0.15) is 17.0 Å². The van der Waals surface area contributed by atoms with Gasteiger partial charge in [-0.1, -0.05) is 53.7 Å². The van der Waals surface area contributed by atoms with Crippen LogP contribution in [0.2, 0.25) is 5.02 Å². The maximum atomic E-state index is 12.3. The van der Waals surface area contributed by atoms with E-state index in [1.807, 2.05) is 49.4 Å². The van der Waals surface area contributed by atoms with E-state index in [-0.39, 0.29) is 18.3 Å². The number of thioether (sulfide) groups is 1. The number of nitrogens with one attached hydrogen (secondary N) is 1. The lowest BCUT2D eigenvalue weighted by atomic mass is 10.2. The van der Waals surface area contributed by atoms with E-state index in [0.29, 0.717) is 28.3 Å². The smallest absolute Gasteiger partial charge is 0.233 e. The van der Waals surface area contributed by atoms with E-state index in [1.165, 1.54) is 11.8 Å². The van der Waals surface area contributed by atoms with Gasteiger partial charge in [0, 0.05) is 18.6 Å².